The molecule has 7 nitrogen and oxygen atoms in total. The van der Waals surface area contributed by atoms with E-state index in [1.807, 2.05) is 6.92 Å². The third-order valence-electron chi connectivity index (χ3n) is 4.27. The van der Waals surface area contributed by atoms with Crippen LogP contribution in [0.4, 0.5) is 0 Å². The van der Waals surface area contributed by atoms with Crippen molar-refractivity contribution in [2.45, 2.75) is 52.2 Å². The number of guanidine groups is 1. The molecule has 1 aromatic rings. The topological polar surface area (TPSA) is 91.8 Å². The van der Waals surface area contributed by atoms with Gasteiger partial charge in [0.25, 0.3) is 0 Å². The van der Waals surface area contributed by atoms with E-state index in [4.69, 9.17) is 4.74 Å². The van der Waals surface area contributed by atoms with Crippen LogP contribution in [-0.2, 0) is 27.7 Å². The third-order valence-corrected chi connectivity index (χ3v) is 6.83. The minimum atomic E-state index is -3.33. The molecule has 2 rings (SSSR count). The minimum Gasteiger partial charge on any atom is -0.377 e. The van der Waals surface area contributed by atoms with Crippen molar-refractivity contribution in [2.75, 3.05) is 32.0 Å². The second-order valence-electron chi connectivity index (χ2n) is 6.50. The van der Waals surface area contributed by atoms with Crippen LogP contribution in [0.1, 0.15) is 42.9 Å². The number of ether oxygens (including phenoxy) is 1. The number of nitrogens with zero attached hydrogens (tertiary/aromatic N) is 1. The number of aliphatic imine (C=N–C) groups is 1. The summed E-state index contributed by atoms with van der Waals surface area (Å²) in [6, 6.07) is 4.22. The van der Waals surface area contributed by atoms with Gasteiger partial charge in [0.2, 0.25) is 10.0 Å². The number of nitrogens with one attached hydrogen (secondary N) is 3. The van der Waals surface area contributed by atoms with Crippen LogP contribution >= 0.6 is 11.3 Å². The molecule has 27 heavy (non-hydrogen) atoms. The SMILES string of the molecule is CCNC(=NCc1ccc(CC)s1)NCCS(=O)(=O)NCC1CCCCO1. The third kappa shape index (κ3) is 8.59. The fourth-order valence-corrected chi connectivity index (χ4v) is 4.60. The van der Waals surface area contributed by atoms with Gasteiger partial charge in [-0.05, 0) is 44.7 Å². The van der Waals surface area contributed by atoms with E-state index in [9.17, 15) is 8.42 Å². The zero-order valence-corrected chi connectivity index (χ0v) is 17.9. The first kappa shape index (κ1) is 22.1. The van der Waals surface area contributed by atoms with E-state index >= 15 is 0 Å². The highest BCUT2D eigenvalue weighted by Crippen LogP contribution is 2.17. The van der Waals surface area contributed by atoms with E-state index < -0.39 is 10.0 Å². The Kier molecular flexibility index (Phi) is 9.53. The Balaban J connectivity index is 1.75. The summed E-state index contributed by atoms with van der Waals surface area (Å²) >= 11 is 1.76. The first-order chi connectivity index (χ1) is 13.0. The smallest absolute Gasteiger partial charge is 0.213 e. The van der Waals surface area contributed by atoms with Gasteiger partial charge in [0.05, 0.1) is 18.4 Å². The van der Waals surface area contributed by atoms with Gasteiger partial charge in [-0.1, -0.05) is 6.92 Å². The molecule has 1 fully saturated rings. The summed E-state index contributed by atoms with van der Waals surface area (Å²) in [4.78, 5) is 7.08. The number of rotatable bonds is 10. The predicted octanol–water partition coefficient (Wildman–Crippen LogP) is 1.85. The lowest BCUT2D eigenvalue weighted by molar-refractivity contribution is 0.0200. The van der Waals surface area contributed by atoms with Crippen molar-refractivity contribution in [3.05, 3.63) is 21.9 Å². The maximum Gasteiger partial charge on any atom is 0.213 e. The molecule has 3 N–H and O–H groups in total. The first-order valence-corrected chi connectivity index (χ1v) is 12.2. The van der Waals surface area contributed by atoms with E-state index in [0.717, 1.165) is 38.8 Å². The number of aryl methyl sites for hydroxylation is 1. The van der Waals surface area contributed by atoms with Crippen molar-refractivity contribution in [3.8, 4) is 0 Å². The van der Waals surface area contributed by atoms with Crippen molar-refractivity contribution in [1.29, 1.82) is 0 Å². The fourth-order valence-electron chi connectivity index (χ4n) is 2.76. The average molecular weight is 417 g/mol. The highest BCUT2D eigenvalue weighted by molar-refractivity contribution is 7.89. The predicted molar refractivity (Wildman–Crippen MR) is 112 cm³/mol. The van der Waals surface area contributed by atoms with Crippen LogP contribution in [0.25, 0.3) is 0 Å². The van der Waals surface area contributed by atoms with Gasteiger partial charge in [-0.25, -0.2) is 18.1 Å². The lowest BCUT2D eigenvalue weighted by atomic mass is 10.1. The highest BCUT2D eigenvalue weighted by Gasteiger charge is 2.17. The maximum absolute atomic E-state index is 12.2. The molecule has 0 amide bonds. The molecule has 1 aliphatic rings. The summed E-state index contributed by atoms with van der Waals surface area (Å²) in [7, 11) is -3.33. The summed E-state index contributed by atoms with van der Waals surface area (Å²) in [5.41, 5.74) is 0. The molecule has 1 unspecified atom stereocenters. The lowest BCUT2D eigenvalue weighted by Gasteiger charge is -2.22. The summed E-state index contributed by atoms with van der Waals surface area (Å²) in [5.74, 6) is 0.637. The molecule has 0 radical (unpaired) electrons. The molecule has 1 atom stereocenters. The van der Waals surface area contributed by atoms with Crippen molar-refractivity contribution < 1.29 is 13.2 Å². The minimum absolute atomic E-state index is 0.000765. The van der Waals surface area contributed by atoms with Crippen LogP contribution in [0.3, 0.4) is 0 Å². The van der Waals surface area contributed by atoms with Crippen molar-refractivity contribution in [2.24, 2.45) is 4.99 Å². The van der Waals surface area contributed by atoms with Gasteiger partial charge in [0.1, 0.15) is 0 Å². The second kappa shape index (κ2) is 11.6. The van der Waals surface area contributed by atoms with Crippen molar-refractivity contribution in [1.82, 2.24) is 15.4 Å². The Labute approximate surface area is 167 Å². The normalized spacial score (nSPS) is 18.4. The largest absolute Gasteiger partial charge is 0.377 e. The molecule has 1 saturated heterocycles. The number of thiophene rings is 1. The molecule has 154 valence electrons. The number of sulfonamides is 1. The second-order valence-corrected chi connectivity index (χ2v) is 9.68. The maximum atomic E-state index is 12.2. The van der Waals surface area contributed by atoms with Gasteiger partial charge in [-0.3, -0.25) is 0 Å². The molecule has 1 aromatic heterocycles. The van der Waals surface area contributed by atoms with Crippen LogP contribution in [0.15, 0.2) is 17.1 Å². The lowest BCUT2D eigenvalue weighted by Crippen LogP contribution is -2.42. The van der Waals surface area contributed by atoms with Crippen molar-refractivity contribution >= 4 is 27.3 Å². The number of hydrogen-bond acceptors (Lipinski definition) is 5. The van der Waals surface area contributed by atoms with Crippen molar-refractivity contribution in [3.63, 3.8) is 0 Å². The average Bonchev–Trinajstić information content (AvgIpc) is 3.13. The van der Waals surface area contributed by atoms with Crippen LogP contribution in [-0.4, -0.2) is 52.5 Å². The molecule has 0 aromatic carbocycles. The molecule has 0 bridgehead atoms. The Bertz CT molecular complexity index is 683. The van der Waals surface area contributed by atoms with Crippen LogP contribution in [0.2, 0.25) is 0 Å². The van der Waals surface area contributed by atoms with Gasteiger partial charge < -0.3 is 15.4 Å². The van der Waals surface area contributed by atoms with E-state index in [1.165, 1.54) is 9.75 Å². The molecule has 9 heteroatoms. The molecule has 0 saturated carbocycles. The van der Waals surface area contributed by atoms with E-state index in [1.54, 1.807) is 11.3 Å². The van der Waals surface area contributed by atoms with E-state index in [0.29, 0.717) is 25.6 Å². The molecule has 0 spiro atoms. The quantitative estimate of drug-likeness (QED) is 0.400. The van der Waals surface area contributed by atoms with E-state index in [-0.39, 0.29) is 11.9 Å². The van der Waals surface area contributed by atoms with E-state index in [2.05, 4.69) is 39.4 Å². The standard InChI is InChI=1S/C18H32N4O3S2/c1-3-16-8-9-17(26-16)14-21-18(19-4-2)20-10-12-27(23,24)22-13-15-7-5-6-11-25-15/h8-9,15,22H,3-7,10-14H2,1-2H3,(H2,19,20,21). The zero-order chi connectivity index (χ0) is 19.5. The first-order valence-electron chi connectivity index (χ1n) is 9.71. The molecular formula is C18H32N4O3S2. The van der Waals surface area contributed by atoms with Crippen LogP contribution < -0.4 is 15.4 Å². The fraction of sp³-hybridized carbons (Fsp3) is 0.722. The monoisotopic (exact) mass is 416 g/mol. The molecule has 0 aliphatic carbocycles. The Morgan fingerprint density at radius 1 is 1.26 bits per heavy atom. The Morgan fingerprint density at radius 3 is 2.74 bits per heavy atom. The van der Waals surface area contributed by atoms with Gasteiger partial charge >= 0.3 is 0 Å². The van der Waals surface area contributed by atoms with Gasteiger partial charge in [0, 0.05) is 36.0 Å². The molecule has 1 aliphatic heterocycles. The summed E-state index contributed by atoms with van der Waals surface area (Å²) in [6.45, 7) is 6.82. The molecule has 2 heterocycles. The van der Waals surface area contributed by atoms with Crippen LogP contribution in [0, 0.1) is 0 Å². The van der Waals surface area contributed by atoms with Gasteiger partial charge in [0.15, 0.2) is 5.96 Å². The summed E-state index contributed by atoms with van der Waals surface area (Å²) < 4.78 is 32.5. The highest BCUT2D eigenvalue weighted by atomic mass is 32.2. The van der Waals surface area contributed by atoms with Crippen LogP contribution in [0.5, 0.6) is 0 Å². The summed E-state index contributed by atoms with van der Waals surface area (Å²) in [6.07, 6.45) is 4.11. The number of hydrogen-bond donors (Lipinski definition) is 3. The Hall–Kier alpha value is -1.16. The zero-order valence-electron chi connectivity index (χ0n) is 16.3. The Morgan fingerprint density at radius 2 is 2.07 bits per heavy atom. The van der Waals surface area contributed by atoms with Gasteiger partial charge in [-0.15, -0.1) is 11.3 Å². The summed E-state index contributed by atoms with van der Waals surface area (Å²) in [5, 5.41) is 6.25. The molecular weight excluding hydrogens is 384 g/mol. The van der Waals surface area contributed by atoms with Gasteiger partial charge in [-0.2, -0.15) is 0 Å².